The van der Waals surface area contributed by atoms with Gasteiger partial charge >= 0.3 is 6.09 Å². The van der Waals surface area contributed by atoms with Crippen LogP contribution >= 0.6 is 11.6 Å². The topological polar surface area (TPSA) is 87.7 Å². The number of carbonyl (C=O) groups is 3. The Labute approximate surface area is 264 Å². The fourth-order valence-electron chi connectivity index (χ4n) is 5.18. The third-order valence-electron chi connectivity index (χ3n) is 7.60. The van der Waals surface area contributed by atoms with Crippen LogP contribution in [0.4, 0.5) is 10.5 Å². The Hall–Kier alpha value is -3.06. The van der Waals surface area contributed by atoms with E-state index in [9.17, 15) is 14.4 Å². The average Bonchev–Trinajstić information content (AvgIpc) is 2.88. The summed E-state index contributed by atoms with van der Waals surface area (Å²) in [4.78, 5) is 43.8. The van der Waals surface area contributed by atoms with Gasteiger partial charge in [0.05, 0.1) is 10.7 Å². The molecule has 0 bridgehead atoms. The van der Waals surface area contributed by atoms with Crippen molar-refractivity contribution in [2.45, 2.75) is 119 Å². The van der Waals surface area contributed by atoms with Crippen molar-refractivity contribution in [3.8, 4) is 0 Å². The smallest absolute Gasteiger partial charge is 0.408 e. The number of para-hydroxylation sites is 1. The number of anilines is 1. The Morgan fingerprint density at radius 1 is 0.953 bits per heavy atom. The summed E-state index contributed by atoms with van der Waals surface area (Å²) in [5.41, 5.74) is 3.25. The van der Waals surface area contributed by atoms with E-state index in [1.54, 1.807) is 31.7 Å². The minimum atomic E-state index is -0.976. The maximum atomic E-state index is 14.8. The molecule has 0 aromatic heterocycles. The van der Waals surface area contributed by atoms with Crippen LogP contribution in [0.25, 0.3) is 0 Å². The van der Waals surface area contributed by atoms with E-state index in [0.29, 0.717) is 35.0 Å². The lowest BCUT2D eigenvalue weighted by Gasteiger charge is -2.40. The number of hydrogen-bond donors (Lipinski definition) is 2. The monoisotopic (exact) mass is 613 g/mol. The molecular weight excluding hydrogens is 562 g/mol. The molecule has 0 heterocycles. The SMILES string of the molecule is CCC(C)C(NC(=O)OC(C)(C)C)C(=O)N(C(C)CCC(C)C)C(C(=O)Nc1c(C)cccc1Cl)c1cc(C)cc(C)c1. The number of alkyl carbamates (subject to hydrolysis) is 1. The summed E-state index contributed by atoms with van der Waals surface area (Å²) in [7, 11) is 0. The van der Waals surface area contributed by atoms with Crippen molar-refractivity contribution in [3.05, 3.63) is 63.7 Å². The third kappa shape index (κ3) is 10.6. The first-order chi connectivity index (χ1) is 19.9. The molecule has 2 N–H and O–H groups in total. The van der Waals surface area contributed by atoms with Crippen molar-refractivity contribution in [2.24, 2.45) is 11.8 Å². The molecule has 8 heteroatoms. The second-order valence-corrected chi connectivity index (χ2v) is 13.7. The molecule has 0 spiro atoms. The maximum Gasteiger partial charge on any atom is 0.408 e. The first kappa shape index (κ1) is 36.1. The van der Waals surface area contributed by atoms with Crippen molar-refractivity contribution >= 4 is 35.2 Å². The van der Waals surface area contributed by atoms with Gasteiger partial charge in [0.2, 0.25) is 5.91 Å². The predicted molar refractivity (Wildman–Crippen MR) is 176 cm³/mol. The van der Waals surface area contributed by atoms with Crippen LogP contribution in [-0.4, -0.2) is 40.5 Å². The number of halogens is 1. The summed E-state index contributed by atoms with van der Waals surface area (Å²) in [6.07, 6.45) is 1.52. The van der Waals surface area contributed by atoms with E-state index in [1.165, 1.54) is 0 Å². The number of carbonyl (C=O) groups excluding carboxylic acids is 3. The number of rotatable bonds is 12. The van der Waals surface area contributed by atoms with Gasteiger partial charge in [-0.1, -0.05) is 87.2 Å². The Morgan fingerprint density at radius 3 is 2.07 bits per heavy atom. The van der Waals surface area contributed by atoms with Crippen molar-refractivity contribution in [1.29, 1.82) is 0 Å². The molecule has 4 atom stereocenters. The molecular formula is C35H52ClN3O4. The van der Waals surface area contributed by atoms with Crippen molar-refractivity contribution in [3.63, 3.8) is 0 Å². The van der Waals surface area contributed by atoms with Crippen LogP contribution in [0.2, 0.25) is 5.02 Å². The van der Waals surface area contributed by atoms with Crippen LogP contribution in [0.1, 0.15) is 103 Å². The van der Waals surface area contributed by atoms with Crippen molar-refractivity contribution in [2.75, 3.05) is 5.32 Å². The van der Waals surface area contributed by atoms with Gasteiger partial charge < -0.3 is 20.3 Å². The lowest BCUT2D eigenvalue weighted by molar-refractivity contribution is -0.144. The van der Waals surface area contributed by atoms with Crippen LogP contribution in [0.5, 0.6) is 0 Å². The second-order valence-electron chi connectivity index (χ2n) is 13.3. The molecule has 238 valence electrons. The molecule has 0 aliphatic rings. The summed E-state index contributed by atoms with van der Waals surface area (Å²) in [6.45, 7) is 21.3. The van der Waals surface area contributed by atoms with E-state index in [4.69, 9.17) is 16.3 Å². The van der Waals surface area contributed by atoms with Gasteiger partial charge in [-0.15, -0.1) is 0 Å². The minimum absolute atomic E-state index is 0.214. The van der Waals surface area contributed by atoms with E-state index >= 15 is 0 Å². The molecule has 43 heavy (non-hydrogen) atoms. The molecule has 0 radical (unpaired) electrons. The molecule has 0 saturated heterocycles. The number of amides is 3. The Morgan fingerprint density at radius 2 is 1.56 bits per heavy atom. The summed E-state index contributed by atoms with van der Waals surface area (Å²) >= 11 is 6.53. The minimum Gasteiger partial charge on any atom is -0.444 e. The second kappa shape index (κ2) is 15.6. The molecule has 2 aromatic rings. The zero-order chi connectivity index (χ0) is 32.6. The van der Waals surface area contributed by atoms with Crippen LogP contribution < -0.4 is 10.6 Å². The largest absolute Gasteiger partial charge is 0.444 e. The average molecular weight is 614 g/mol. The quantitative estimate of drug-likeness (QED) is 0.251. The van der Waals surface area contributed by atoms with Crippen LogP contribution in [0.15, 0.2) is 36.4 Å². The zero-order valence-corrected chi connectivity index (χ0v) is 28.7. The first-order valence-electron chi connectivity index (χ1n) is 15.4. The molecule has 0 aliphatic carbocycles. The van der Waals surface area contributed by atoms with E-state index < -0.39 is 23.8 Å². The highest BCUT2D eigenvalue weighted by Gasteiger charge is 2.40. The summed E-state index contributed by atoms with van der Waals surface area (Å²) in [6, 6.07) is 9.19. The van der Waals surface area contributed by atoms with Crippen LogP contribution in [0, 0.1) is 32.6 Å². The van der Waals surface area contributed by atoms with Crippen molar-refractivity contribution < 1.29 is 19.1 Å². The van der Waals surface area contributed by atoms with Gasteiger partial charge in [0.25, 0.3) is 5.91 Å². The summed E-state index contributed by atoms with van der Waals surface area (Å²) in [5.74, 6) is -0.504. The molecule has 0 fully saturated rings. The number of ether oxygens (including phenoxy) is 1. The number of nitrogens with one attached hydrogen (secondary N) is 2. The fraction of sp³-hybridized carbons (Fsp3) is 0.571. The number of nitrogens with zero attached hydrogens (tertiary/aromatic N) is 1. The summed E-state index contributed by atoms with van der Waals surface area (Å²) in [5, 5.41) is 6.32. The molecule has 0 aliphatic heterocycles. The van der Waals surface area contributed by atoms with Crippen LogP contribution in [0.3, 0.4) is 0 Å². The van der Waals surface area contributed by atoms with Gasteiger partial charge in [-0.3, -0.25) is 9.59 Å². The van der Waals surface area contributed by atoms with Gasteiger partial charge in [0.1, 0.15) is 17.7 Å². The van der Waals surface area contributed by atoms with Crippen LogP contribution in [-0.2, 0) is 14.3 Å². The highest BCUT2D eigenvalue weighted by molar-refractivity contribution is 6.34. The summed E-state index contributed by atoms with van der Waals surface area (Å²) < 4.78 is 5.55. The van der Waals surface area contributed by atoms with E-state index in [2.05, 4.69) is 24.5 Å². The van der Waals surface area contributed by atoms with Gasteiger partial charge in [0, 0.05) is 6.04 Å². The lowest BCUT2D eigenvalue weighted by Crippen LogP contribution is -2.57. The third-order valence-corrected chi connectivity index (χ3v) is 7.91. The van der Waals surface area contributed by atoms with E-state index in [1.807, 2.05) is 71.9 Å². The van der Waals surface area contributed by atoms with E-state index in [-0.39, 0.29) is 23.8 Å². The van der Waals surface area contributed by atoms with E-state index in [0.717, 1.165) is 23.1 Å². The normalized spacial score (nSPS) is 14.4. The van der Waals surface area contributed by atoms with Gasteiger partial charge in [-0.2, -0.15) is 0 Å². The first-order valence-corrected chi connectivity index (χ1v) is 15.8. The fourth-order valence-corrected chi connectivity index (χ4v) is 5.45. The van der Waals surface area contributed by atoms with Gasteiger partial charge in [-0.25, -0.2) is 4.79 Å². The molecule has 2 rings (SSSR count). The lowest BCUT2D eigenvalue weighted by atomic mass is 9.92. The maximum absolute atomic E-state index is 14.8. The van der Waals surface area contributed by atoms with Crippen molar-refractivity contribution in [1.82, 2.24) is 10.2 Å². The Bertz CT molecular complexity index is 1230. The van der Waals surface area contributed by atoms with Gasteiger partial charge in [0.15, 0.2) is 0 Å². The molecule has 3 amide bonds. The molecule has 7 nitrogen and oxygen atoms in total. The zero-order valence-electron chi connectivity index (χ0n) is 27.9. The Balaban J connectivity index is 2.74. The molecule has 2 aromatic carbocycles. The highest BCUT2D eigenvalue weighted by Crippen LogP contribution is 2.33. The van der Waals surface area contributed by atoms with Gasteiger partial charge in [-0.05, 0) is 90.3 Å². The molecule has 4 unspecified atom stereocenters. The Kier molecular flexibility index (Phi) is 13.1. The number of hydrogen-bond acceptors (Lipinski definition) is 4. The standard InChI is InChI=1S/C35H52ClN3O4/c1-12-24(6)30(38-34(42)43-35(9,10)11)33(41)39(26(8)17-16-21(2)3)31(27-19-22(4)18-23(5)20-27)32(40)37-29-25(7)14-13-15-28(29)36/h13-15,18-21,24,26,30-31H,12,16-17H2,1-11H3,(H,37,40)(H,38,42). The number of benzene rings is 2. The molecule has 0 saturated carbocycles. The highest BCUT2D eigenvalue weighted by atomic mass is 35.5. The predicted octanol–water partition coefficient (Wildman–Crippen LogP) is 8.54. The number of aryl methyl sites for hydroxylation is 3.